The third-order valence-electron chi connectivity index (χ3n) is 6.02. The van der Waals surface area contributed by atoms with Crippen molar-refractivity contribution >= 4 is 17.5 Å². The summed E-state index contributed by atoms with van der Waals surface area (Å²) >= 11 is 6.08. The lowest BCUT2D eigenvalue weighted by Crippen LogP contribution is -2.49. The number of benzene rings is 3. The van der Waals surface area contributed by atoms with Gasteiger partial charge in [-0.1, -0.05) is 53.6 Å². The molecule has 1 amide bonds. The van der Waals surface area contributed by atoms with Gasteiger partial charge in [0.2, 0.25) is 0 Å². The van der Waals surface area contributed by atoms with Crippen LogP contribution >= 0.6 is 11.6 Å². The maximum absolute atomic E-state index is 14.0. The van der Waals surface area contributed by atoms with Crippen LogP contribution in [0.2, 0.25) is 5.02 Å². The number of aryl methyl sites for hydroxylation is 1. The molecule has 178 valence electrons. The fraction of sp³-hybridized carbons (Fsp3) is 0.296. The zero-order valence-corrected chi connectivity index (χ0v) is 19.8. The number of piperazine rings is 1. The third-order valence-corrected chi connectivity index (χ3v) is 6.27. The summed E-state index contributed by atoms with van der Waals surface area (Å²) in [6.45, 7) is 5.26. The number of amides is 1. The summed E-state index contributed by atoms with van der Waals surface area (Å²) < 4.78 is 33.9. The van der Waals surface area contributed by atoms with Gasteiger partial charge in [0.25, 0.3) is 5.91 Å². The molecule has 0 aromatic heterocycles. The highest BCUT2D eigenvalue weighted by Crippen LogP contribution is 2.24. The van der Waals surface area contributed by atoms with E-state index >= 15 is 0 Å². The molecule has 1 saturated heterocycles. The minimum Gasteiger partial charge on any atom is -0.368 e. The summed E-state index contributed by atoms with van der Waals surface area (Å²) in [7, 11) is 0. The number of nitrogens with zero attached hydrogens (tertiary/aromatic N) is 2. The summed E-state index contributed by atoms with van der Waals surface area (Å²) in [4.78, 5) is 16.5. The fourth-order valence-electron chi connectivity index (χ4n) is 4.13. The molecule has 0 aliphatic carbocycles. The quantitative estimate of drug-likeness (QED) is 0.435. The molecule has 1 aliphatic rings. The van der Waals surface area contributed by atoms with Crippen molar-refractivity contribution < 1.29 is 18.3 Å². The number of hydrogen-bond donors (Lipinski definition) is 0. The van der Waals surface area contributed by atoms with Gasteiger partial charge in [0.05, 0.1) is 18.3 Å². The standard InChI is InChI=1S/C27H27ClF2N2O2/c1-19-3-2-4-20(15-19)18-34-26(21-5-7-22(28)8-6-21)17-31-11-13-32(14-12-31)27(33)24-16-23(29)9-10-25(24)30/h2-10,15-16,26H,11-14,17-18H2,1H3. The van der Waals surface area contributed by atoms with E-state index < -0.39 is 17.5 Å². The number of ether oxygens (including phenoxy) is 1. The van der Waals surface area contributed by atoms with Crippen LogP contribution in [0.15, 0.2) is 66.7 Å². The van der Waals surface area contributed by atoms with Crippen LogP contribution in [0.5, 0.6) is 0 Å². The van der Waals surface area contributed by atoms with E-state index in [0.29, 0.717) is 44.4 Å². The van der Waals surface area contributed by atoms with E-state index in [0.717, 1.165) is 29.3 Å². The van der Waals surface area contributed by atoms with Crippen LogP contribution in [0.25, 0.3) is 0 Å². The lowest BCUT2D eigenvalue weighted by Gasteiger charge is -2.36. The molecule has 1 fully saturated rings. The second-order valence-corrected chi connectivity index (χ2v) is 8.99. The molecule has 3 aromatic carbocycles. The van der Waals surface area contributed by atoms with Gasteiger partial charge in [0, 0.05) is 37.7 Å². The van der Waals surface area contributed by atoms with Gasteiger partial charge >= 0.3 is 0 Å². The first kappa shape index (κ1) is 24.3. The summed E-state index contributed by atoms with van der Waals surface area (Å²) in [6, 6.07) is 18.8. The highest BCUT2D eigenvalue weighted by Gasteiger charge is 2.26. The van der Waals surface area contributed by atoms with E-state index in [1.54, 1.807) is 4.90 Å². The van der Waals surface area contributed by atoms with Crippen LogP contribution in [-0.2, 0) is 11.3 Å². The lowest BCUT2D eigenvalue weighted by molar-refractivity contribution is 0.00336. The Morgan fingerprint density at radius 3 is 2.44 bits per heavy atom. The summed E-state index contributed by atoms with van der Waals surface area (Å²) in [5, 5.41) is 0.665. The zero-order valence-electron chi connectivity index (χ0n) is 19.0. The highest BCUT2D eigenvalue weighted by molar-refractivity contribution is 6.30. The van der Waals surface area contributed by atoms with Crippen LogP contribution in [0, 0.1) is 18.6 Å². The van der Waals surface area contributed by atoms with Crippen molar-refractivity contribution in [1.29, 1.82) is 0 Å². The van der Waals surface area contributed by atoms with Crippen molar-refractivity contribution in [2.75, 3.05) is 32.7 Å². The lowest BCUT2D eigenvalue weighted by atomic mass is 10.1. The summed E-state index contributed by atoms with van der Waals surface area (Å²) in [6.07, 6.45) is -0.180. The van der Waals surface area contributed by atoms with Gasteiger partial charge in [-0.2, -0.15) is 0 Å². The molecule has 0 saturated carbocycles. The Balaban J connectivity index is 1.40. The molecule has 1 aliphatic heterocycles. The monoisotopic (exact) mass is 484 g/mol. The summed E-state index contributed by atoms with van der Waals surface area (Å²) in [5.41, 5.74) is 3.08. The largest absolute Gasteiger partial charge is 0.368 e. The molecule has 7 heteroatoms. The Bertz CT molecular complexity index is 1130. The molecule has 4 nitrogen and oxygen atoms in total. The van der Waals surface area contributed by atoms with Gasteiger partial charge in [-0.05, 0) is 48.4 Å². The van der Waals surface area contributed by atoms with Gasteiger partial charge in [-0.15, -0.1) is 0 Å². The van der Waals surface area contributed by atoms with E-state index in [2.05, 4.69) is 24.0 Å². The first-order chi connectivity index (χ1) is 16.4. The van der Waals surface area contributed by atoms with Crippen molar-refractivity contribution in [3.8, 4) is 0 Å². The molecule has 0 radical (unpaired) electrons. The van der Waals surface area contributed by atoms with Crippen molar-refractivity contribution in [2.45, 2.75) is 19.6 Å². The zero-order chi connectivity index (χ0) is 24.1. The maximum Gasteiger partial charge on any atom is 0.257 e. The molecule has 0 spiro atoms. The highest BCUT2D eigenvalue weighted by atomic mass is 35.5. The average molecular weight is 485 g/mol. The third kappa shape index (κ3) is 6.20. The number of rotatable bonds is 7. The Labute approximate surface area is 203 Å². The van der Waals surface area contributed by atoms with E-state index in [4.69, 9.17) is 16.3 Å². The second kappa shape index (κ2) is 11.1. The molecule has 0 N–H and O–H groups in total. The van der Waals surface area contributed by atoms with E-state index in [-0.39, 0.29) is 11.7 Å². The molecule has 1 unspecified atom stereocenters. The SMILES string of the molecule is Cc1cccc(COC(CN2CCN(C(=O)c3cc(F)ccc3F)CC2)c2ccc(Cl)cc2)c1. The van der Waals surface area contributed by atoms with Gasteiger partial charge in [-0.25, -0.2) is 8.78 Å². The van der Waals surface area contributed by atoms with Crippen molar-refractivity contribution in [2.24, 2.45) is 0 Å². The van der Waals surface area contributed by atoms with Crippen LogP contribution < -0.4 is 0 Å². The predicted octanol–water partition coefficient (Wildman–Crippen LogP) is 5.64. The average Bonchev–Trinajstić information content (AvgIpc) is 2.84. The number of carbonyl (C=O) groups is 1. The van der Waals surface area contributed by atoms with Crippen molar-refractivity contribution in [1.82, 2.24) is 9.80 Å². The normalized spacial score (nSPS) is 15.4. The topological polar surface area (TPSA) is 32.8 Å². The first-order valence-corrected chi connectivity index (χ1v) is 11.7. The molecular formula is C27H27ClF2N2O2. The van der Waals surface area contributed by atoms with Gasteiger partial charge in [-0.3, -0.25) is 9.69 Å². The smallest absolute Gasteiger partial charge is 0.257 e. The molecule has 1 heterocycles. The predicted molar refractivity (Wildman–Crippen MR) is 129 cm³/mol. The summed E-state index contributed by atoms with van der Waals surface area (Å²) in [5.74, 6) is -1.82. The van der Waals surface area contributed by atoms with Crippen LogP contribution in [0.4, 0.5) is 8.78 Å². The van der Waals surface area contributed by atoms with E-state index in [9.17, 15) is 13.6 Å². The van der Waals surface area contributed by atoms with Gasteiger partial charge in [0.1, 0.15) is 11.6 Å². The molecule has 4 rings (SSSR count). The minimum absolute atomic E-state index is 0.180. The molecular weight excluding hydrogens is 458 g/mol. The number of carbonyl (C=O) groups excluding carboxylic acids is 1. The molecule has 3 aromatic rings. The molecule has 0 bridgehead atoms. The second-order valence-electron chi connectivity index (χ2n) is 8.56. The maximum atomic E-state index is 14.0. The Hall–Kier alpha value is -2.80. The Morgan fingerprint density at radius 1 is 1.00 bits per heavy atom. The number of hydrogen-bond acceptors (Lipinski definition) is 3. The molecule has 1 atom stereocenters. The van der Waals surface area contributed by atoms with Crippen LogP contribution in [0.1, 0.15) is 33.2 Å². The molecule has 34 heavy (non-hydrogen) atoms. The van der Waals surface area contributed by atoms with Gasteiger partial charge < -0.3 is 9.64 Å². The minimum atomic E-state index is -0.707. The van der Waals surface area contributed by atoms with E-state index in [1.807, 2.05) is 36.4 Å². The van der Waals surface area contributed by atoms with Crippen molar-refractivity contribution in [3.63, 3.8) is 0 Å². The fourth-order valence-corrected chi connectivity index (χ4v) is 4.26. The van der Waals surface area contributed by atoms with Crippen LogP contribution in [-0.4, -0.2) is 48.4 Å². The van der Waals surface area contributed by atoms with Crippen LogP contribution in [0.3, 0.4) is 0 Å². The Morgan fingerprint density at radius 2 is 1.74 bits per heavy atom. The van der Waals surface area contributed by atoms with E-state index in [1.165, 1.54) is 5.56 Å². The first-order valence-electron chi connectivity index (χ1n) is 11.3. The Kier molecular flexibility index (Phi) is 7.93. The van der Waals surface area contributed by atoms with Gasteiger partial charge in [0.15, 0.2) is 0 Å². The number of halogens is 3. The van der Waals surface area contributed by atoms with Crippen molar-refractivity contribution in [3.05, 3.63) is 106 Å².